The lowest BCUT2D eigenvalue weighted by Gasteiger charge is -2.10. The van der Waals surface area contributed by atoms with Crippen molar-refractivity contribution in [3.05, 3.63) is 79.8 Å². The first-order chi connectivity index (χ1) is 14.8. The number of nitro benzene ring substituents is 1. The summed E-state index contributed by atoms with van der Waals surface area (Å²) in [5.74, 6) is -0.714. The number of aryl methyl sites for hydroxylation is 1. The van der Waals surface area contributed by atoms with Gasteiger partial charge in [-0.15, -0.1) is 11.3 Å². The number of nitrogens with one attached hydrogen (secondary N) is 1. The zero-order valence-electron chi connectivity index (χ0n) is 16.2. The van der Waals surface area contributed by atoms with Gasteiger partial charge in [0, 0.05) is 29.0 Å². The van der Waals surface area contributed by atoms with Gasteiger partial charge in [-0.1, -0.05) is 41.6 Å². The zero-order valence-corrected chi connectivity index (χ0v) is 18.6. The van der Waals surface area contributed by atoms with E-state index < -0.39 is 23.4 Å². The fourth-order valence-corrected chi connectivity index (χ4v) is 4.57. The number of thioether (sulfide) groups is 1. The maximum Gasteiger partial charge on any atom is 0.338 e. The molecular formula is C20H16ClN3O5S2. The molecule has 11 heteroatoms. The lowest BCUT2D eigenvalue weighted by atomic mass is 10.1. The molecule has 0 radical (unpaired) electrons. The number of nitro groups is 1. The summed E-state index contributed by atoms with van der Waals surface area (Å²) >= 11 is 9.00. The molecule has 0 saturated heterocycles. The van der Waals surface area contributed by atoms with Crippen molar-refractivity contribution in [1.82, 2.24) is 4.98 Å². The quantitative estimate of drug-likeness (QED) is 0.208. The van der Waals surface area contributed by atoms with Gasteiger partial charge in [-0.3, -0.25) is 14.9 Å². The number of carbonyl (C=O) groups excluding carboxylic acids is 2. The van der Waals surface area contributed by atoms with E-state index in [-0.39, 0.29) is 16.4 Å². The summed E-state index contributed by atoms with van der Waals surface area (Å²) in [5.41, 5.74) is 2.06. The molecule has 0 unspecified atom stereocenters. The Morgan fingerprint density at radius 2 is 2.06 bits per heavy atom. The molecule has 8 nitrogen and oxygen atoms in total. The van der Waals surface area contributed by atoms with E-state index in [1.807, 2.05) is 24.4 Å². The van der Waals surface area contributed by atoms with Gasteiger partial charge in [0.2, 0.25) is 0 Å². The van der Waals surface area contributed by atoms with Crippen LogP contribution in [0.5, 0.6) is 0 Å². The van der Waals surface area contributed by atoms with Crippen LogP contribution in [0.25, 0.3) is 0 Å². The van der Waals surface area contributed by atoms with E-state index in [9.17, 15) is 19.7 Å². The average molecular weight is 478 g/mol. The number of non-ortho nitro benzene ring substituents is 1. The van der Waals surface area contributed by atoms with Gasteiger partial charge in [-0.2, -0.15) is 0 Å². The van der Waals surface area contributed by atoms with Crippen LogP contribution in [0.4, 0.5) is 11.4 Å². The van der Waals surface area contributed by atoms with Gasteiger partial charge in [0.15, 0.2) is 6.61 Å². The molecule has 3 rings (SSSR count). The Labute approximate surface area is 190 Å². The molecule has 1 heterocycles. The van der Waals surface area contributed by atoms with E-state index in [0.29, 0.717) is 11.3 Å². The molecular weight excluding hydrogens is 462 g/mol. The van der Waals surface area contributed by atoms with E-state index >= 15 is 0 Å². The number of halogens is 1. The molecule has 0 fully saturated rings. The van der Waals surface area contributed by atoms with Crippen LogP contribution < -0.4 is 5.32 Å². The molecule has 0 atom stereocenters. The minimum absolute atomic E-state index is 0.00803. The topological polar surface area (TPSA) is 111 Å². The highest BCUT2D eigenvalue weighted by Crippen LogP contribution is 2.28. The number of carbonyl (C=O) groups is 2. The number of hydrogen-bond acceptors (Lipinski definition) is 8. The number of amides is 1. The number of rotatable bonds is 8. The maximum atomic E-state index is 12.5. The average Bonchev–Trinajstić information content (AvgIpc) is 3.17. The summed E-state index contributed by atoms with van der Waals surface area (Å²) in [7, 11) is 0. The summed E-state index contributed by atoms with van der Waals surface area (Å²) in [6.07, 6.45) is 0. The fraction of sp³-hybridized carbons (Fsp3) is 0.150. The van der Waals surface area contributed by atoms with Gasteiger partial charge in [-0.05, 0) is 24.6 Å². The van der Waals surface area contributed by atoms with Crippen molar-refractivity contribution in [2.24, 2.45) is 0 Å². The Bertz CT molecular complexity index is 1140. The number of hydrogen-bond donors (Lipinski definition) is 1. The minimum Gasteiger partial charge on any atom is -0.452 e. The molecule has 0 aliphatic carbocycles. The van der Waals surface area contributed by atoms with Crippen LogP contribution in [0, 0.1) is 17.0 Å². The SMILES string of the molecule is Cc1csc(SCc2ccccc2C(=O)OCC(=O)Nc2ccc([N+](=O)[O-])cc2Cl)n1. The molecule has 160 valence electrons. The number of anilines is 1. The van der Waals surface area contributed by atoms with Gasteiger partial charge in [0.1, 0.15) is 4.34 Å². The molecule has 1 aromatic heterocycles. The van der Waals surface area contributed by atoms with Gasteiger partial charge in [-0.25, -0.2) is 9.78 Å². The lowest BCUT2D eigenvalue weighted by molar-refractivity contribution is -0.384. The van der Waals surface area contributed by atoms with Crippen LogP contribution in [0.3, 0.4) is 0 Å². The van der Waals surface area contributed by atoms with Crippen LogP contribution in [-0.4, -0.2) is 28.4 Å². The smallest absolute Gasteiger partial charge is 0.338 e. The van der Waals surface area contributed by atoms with Crippen molar-refractivity contribution in [2.75, 3.05) is 11.9 Å². The van der Waals surface area contributed by atoms with Crippen LogP contribution >= 0.6 is 34.7 Å². The Kier molecular flexibility index (Phi) is 7.61. The van der Waals surface area contributed by atoms with Gasteiger partial charge >= 0.3 is 5.97 Å². The first kappa shape index (κ1) is 22.7. The van der Waals surface area contributed by atoms with E-state index in [4.69, 9.17) is 16.3 Å². The maximum absolute atomic E-state index is 12.5. The molecule has 1 amide bonds. The summed E-state index contributed by atoms with van der Waals surface area (Å²) < 4.78 is 6.04. The van der Waals surface area contributed by atoms with Crippen LogP contribution in [0.2, 0.25) is 5.02 Å². The molecule has 31 heavy (non-hydrogen) atoms. The van der Waals surface area contributed by atoms with Gasteiger partial charge < -0.3 is 10.1 Å². The molecule has 0 spiro atoms. The Balaban J connectivity index is 1.58. The normalized spacial score (nSPS) is 10.5. The first-order valence-corrected chi connectivity index (χ1v) is 11.1. The van der Waals surface area contributed by atoms with Crippen LogP contribution in [0.15, 0.2) is 52.2 Å². The number of ether oxygens (including phenoxy) is 1. The molecule has 1 N–H and O–H groups in total. The van der Waals surface area contributed by atoms with Crippen LogP contribution in [-0.2, 0) is 15.3 Å². The second kappa shape index (κ2) is 10.4. The third-order valence-corrected chi connectivity index (χ3v) is 6.46. The predicted molar refractivity (Wildman–Crippen MR) is 120 cm³/mol. The first-order valence-electron chi connectivity index (χ1n) is 8.87. The van der Waals surface area contributed by atoms with Crippen molar-refractivity contribution < 1.29 is 19.2 Å². The molecule has 0 bridgehead atoms. The number of esters is 1. The standard InChI is InChI=1S/C20H16ClN3O5S2/c1-12-10-30-20(22-12)31-11-13-4-2-3-5-15(13)19(26)29-9-18(25)23-17-7-6-14(24(27)28)8-16(17)21/h2-8,10H,9,11H2,1H3,(H,23,25). The largest absolute Gasteiger partial charge is 0.452 e. The van der Waals surface area contributed by atoms with E-state index in [0.717, 1.165) is 21.7 Å². The predicted octanol–water partition coefficient (Wildman–Crippen LogP) is 5.10. The summed E-state index contributed by atoms with van der Waals surface area (Å²) in [5, 5.41) is 15.2. The summed E-state index contributed by atoms with van der Waals surface area (Å²) in [6, 6.07) is 10.6. The molecule has 0 aliphatic rings. The van der Waals surface area contributed by atoms with Gasteiger partial charge in [0.25, 0.3) is 11.6 Å². The zero-order chi connectivity index (χ0) is 22.4. The van der Waals surface area contributed by atoms with Gasteiger partial charge in [0.05, 0.1) is 21.2 Å². The second-order valence-corrected chi connectivity index (χ2v) is 8.73. The monoisotopic (exact) mass is 477 g/mol. The highest BCUT2D eigenvalue weighted by molar-refractivity contribution is 8.00. The Morgan fingerprint density at radius 1 is 1.29 bits per heavy atom. The Hall–Kier alpha value is -2.95. The number of nitrogens with zero attached hydrogens (tertiary/aromatic N) is 2. The molecule has 0 saturated carbocycles. The van der Waals surface area contributed by atoms with E-state index in [2.05, 4.69) is 10.3 Å². The number of benzene rings is 2. The molecule has 3 aromatic rings. The second-order valence-electron chi connectivity index (χ2n) is 6.25. The third kappa shape index (κ3) is 6.27. The highest BCUT2D eigenvalue weighted by atomic mass is 35.5. The van der Waals surface area contributed by atoms with Crippen molar-refractivity contribution in [1.29, 1.82) is 0 Å². The van der Waals surface area contributed by atoms with Crippen LogP contribution in [0.1, 0.15) is 21.6 Å². The minimum atomic E-state index is -0.628. The van der Waals surface area contributed by atoms with E-state index in [1.54, 1.807) is 12.1 Å². The number of thiazole rings is 1. The van der Waals surface area contributed by atoms with Crippen molar-refractivity contribution in [2.45, 2.75) is 17.0 Å². The molecule has 2 aromatic carbocycles. The highest BCUT2D eigenvalue weighted by Gasteiger charge is 2.16. The number of aromatic nitrogens is 1. The lowest BCUT2D eigenvalue weighted by Crippen LogP contribution is -2.21. The fourth-order valence-electron chi connectivity index (χ4n) is 2.50. The summed E-state index contributed by atoms with van der Waals surface area (Å²) in [6.45, 7) is 1.39. The summed E-state index contributed by atoms with van der Waals surface area (Å²) in [4.78, 5) is 39.2. The molecule has 0 aliphatic heterocycles. The van der Waals surface area contributed by atoms with Crippen molar-refractivity contribution in [3.8, 4) is 0 Å². The third-order valence-electron chi connectivity index (χ3n) is 3.96. The van der Waals surface area contributed by atoms with E-state index in [1.165, 1.54) is 35.2 Å². The van der Waals surface area contributed by atoms with Crippen molar-refractivity contribution in [3.63, 3.8) is 0 Å². The Morgan fingerprint density at radius 3 is 2.74 bits per heavy atom. The van der Waals surface area contributed by atoms with Crippen molar-refractivity contribution >= 4 is 58.0 Å².